The van der Waals surface area contributed by atoms with E-state index in [-0.39, 0.29) is 5.54 Å². The molecule has 0 unspecified atom stereocenters. The predicted molar refractivity (Wildman–Crippen MR) is 41.5 cm³/mol. The first kappa shape index (κ1) is 11.7. The van der Waals surface area contributed by atoms with Crippen molar-refractivity contribution in [3.63, 3.8) is 0 Å². The number of methoxy groups -OCH3 is 1. The molecule has 0 aliphatic rings. The summed E-state index contributed by atoms with van der Waals surface area (Å²) in [7, 11) is 1.68. The first-order valence-electron chi connectivity index (χ1n) is 3.19. The van der Waals surface area contributed by atoms with Crippen molar-refractivity contribution in [2.75, 3.05) is 13.7 Å². The second-order valence-corrected chi connectivity index (χ2v) is 2.94. The molecule has 0 aromatic rings. The van der Waals surface area contributed by atoms with Gasteiger partial charge in [-0.25, -0.2) is 0 Å². The highest BCUT2D eigenvalue weighted by Crippen LogP contribution is 1.88. The van der Waals surface area contributed by atoms with Gasteiger partial charge in [0.15, 0.2) is 0 Å². The minimum Gasteiger partial charge on any atom is -0.385 e. The largest absolute Gasteiger partial charge is 0.385 e. The van der Waals surface area contributed by atoms with Crippen LogP contribution in [0.25, 0.3) is 0 Å². The molecule has 0 amide bonds. The third-order valence-electron chi connectivity index (χ3n) is 0.289. The number of hydrogen-bond donors (Lipinski definition) is 1. The molecule has 0 radical (unpaired) electrons. The molecule has 2 heteroatoms. The molecule has 0 atom stereocenters. The van der Waals surface area contributed by atoms with Gasteiger partial charge in [-0.1, -0.05) is 0 Å². The van der Waals surface area contributed by atoms with Crippen molar-refractivity contribution in [1.82, 2.24) is 0 Å². The van der Waals surface area contributed by atoms with Crippen LogP contribution in [0.15, 0.2) is 0 Å². The smallest absolute Gasteiger partial charge is 0.0433 e. The molecule has 0 heterocycles. The quantitative estimate of drug-likeness (QED) is 0.586. The topological polar surface area (TPSA) is 35.2 Å². The Hall–Kier alpha value is -0.0800. The van der Waals surface area contributed by atoms with E-state index in [1.165, 1.54) is 0 Å². The fourth-order valence-corrected chi connectivity index (χ4v) is 0. The van der Waals surface area contributed by atoms with E-state index in [2.05, 4.69) is 4.74 Å². The molecule has 0 aromatic carbocycles. The third kappa shape index (κ3) is 328. The first-order valence-corrected chi connectivity index (χ1v) is 3.19. The zero-order chi connectivity index (χ0) is 7.91. The molecule has 0 aliphatic heterocycles. The maximum atomic E-state index is 5.35. The van der Waals surface area contributed by atoms with Crippen molar-refractivity contribution in [3.8, 4) is 0 Å². The Morgan fingerprint density at radius 3 is 1.44 bits per heavy atom. The minimum absolute atomic E-state index is 0. The monoisotopic (exact) mass is 133 g/mol. The van der Waals surface area contributed by atoms with Crippen LogP contribution < -0.4 is 5.73 Å². The van der Waals surface area contributed by atoms with Crippen molar-refractivity contribution in [1.29, 1.82) is 0 Å². The van der Waals surface area contributed by atoms with Crippen LogP contribution in [0.4, 0.5) is 0 Å². The summed E-state index contributed by atoms with van der Waals surface area (Å²) in [6.07, 6.45) is 0. The Balaban J connectivity index is 0. The summed E-state index contributed by atoms with van der Waals surface area (Å²) in [5.41, 5.74) is 5.35. The Bertz CT molecular complexity index is 39.4. The van der Waals surface area contributed by atoms with Crippen LogP contribution >= 0.6 is 0 Å². The van der Waals surface area contributed by atoms with Crippen molar-refractivity contribution in [3.05, 3.63) is 0 Å². The molecule has 0 saturated heterocycles. The van der Waals surface area contributed by atoms with Crippen LogP contribution in [0.1, 0.15) is 27.7 Å². The zero-order valence-electron chi connectivity index (χ0n) is 7.19. The average molecular weight is 133 g/mol. The maximum Gasteiger partial charge on any atom is 0.0433 e. The summed E-state index contributed by atoms with van der Waals surface area (Å²) in [4.78, 5) is 0. The lowest BCUT2D eigenvalue weighted by molar-refractivity contribution is 0.215. The fourth-order valence-electron chi connectivity index (χ4n) is 0. The van der Waals surface area contributed by atoms with E-state index in [1.54, 1.807) is 7.11 Å². The number of ether oxygens (including phenoxy) is 1. The molecule has 2 N–H and O–H groups in total. The molecule has 0 rings (SSSR count). The summed E-state index contributed by atoms with van der Waals surface area (Å²) >= 11 is 0. The molecule has 9 heavy (non-hydrogen) atoms. The normalized spacial score (nSPS) is 10.0. The second-order valence-electron chi connectivity index (χ2n) is 2.94. The summed E-state index contributed by atoms with van der Waals surface area (Å²) in [5.74, 6) is 0. The standard InChI is InChI=1S/C4H11N.C3H8O/c1-4(2,3)5;1-3-4-2/h5H2,1-3H3;3H2,1-2H3. The van der Waals surface area contributed by atoms with Crippen LogP contribution in [-0.4, -0.2) is 19.3 Å². The van der Waals surface area contributed by atoms with E-state index in [9.17, 15) is 0 Å². The highest BCUT2D eigenvalue weighted by molar-refractivity contribution is 4.60. The average Bonchev–Trinajstić information content (AvgIpc) is 1.61. The SMILES string of the molecule is CC(C)(C)N.CCOC. The summed E-state index contributed by atoms with van der Waals surface area (Å²) in [5, 5.41) is 0. The molecule has 0 aromatic heterocycles. The van der Waals surface area contributed by atoms with Crippen molar-refractivity contribution < 1.29 is 4.74 Å². The van der Waals surface area contributed by atoms with Crippen LogP contribution in [0.2, 0.25) is 0 Å². The van der Waals surface area contributed by atoms with Gasteiger partial charge < -0.3 is 10.5 Å². The maximum absolute atomic E-state index is 5.35. The molecular formula is C7H19NO. The Labute approximate surface area is 58.4 Å². The van der Waals surface area contributed by atoms with Crippen LogP contribution in [0, 0.1) is 0 Å². The van der Waals surface area contributed by atoms with Crippen molar-refractivity contribution in [2.24, 2.45) is 5.73 Å². The van der Waals surface area contributed by atoms with E-state index in [4.69, 9.17) is 5.73 Å². The molecule has 0 bridgehead atoms. The number of hydrogen-bond acceptors (Lipinski definition) is 2. The lowest BCUT2D eigenvalue weighted by atomic mass is 10.1. The van der Waals surface area contributed by atoms with Crippen molar-refractivity contribution in [2.45, 2.75) is 33.2 Å². The van der Waals surface area contributed by atoms with Crippen LogP contribution in [0.3, 0.4) is 0 Å². The second kappa shape index (κ2) is 6.05. The van der Waals surface area contributed by atoms with E-state index < -0.39 is 0 Å². The van der Waals surface area contributed by atoms with Crippen LogP contribution in [0.5, 0.6) is 0 Å². The van der Waals surface area contributed by atoms with Gasteiger partial charge in [-0.05, 0) is 27.7 Å². The Kier molecular flexibility index (Phi) is 7.85. The highest BCUT2D eigenvalue weighted by Gasteiger charge is 1.95. The lowest BCUT2D eigenvalue weighted by Crippen LogP contribution is -2.26. The summed E-state index contributed by atoms with van der Waals surface area (Å²) in [6.45, 7) is 8.67. The van der Waals surface area contributed by atoms with Gasteiger partial charge in [-0.3, -0.25) is 0 Å². The zero-order valence-corrected chi connectivity index (χ0v) is 7.19. The van der Waals surface area contributed by atoms with Gasteiger partial charge in [-0.2, -0.15) is 0 Å². The van der Waals surface area contributed by atoms with E-state index in [0.717, 1.165) is 6.61 Å². The summed E-state index contributed by atoms with van der Waals surface area (Å²) < 4.78 is 4.54. The minimum atomic E-state index is 0. The van der Waals surface area contributed by atoms with E-state index in [1.807, 2.05) is 27.7 Å². The molecule has 58 valence electrons. The number of nitrogens with two attached hydrogens (primary N) is 1. The number of rotatable bonds is 1. The van der Waals surface area contributed by atoms with Gasteiger partial charge in [0, 0.05) is 19.3 Å². The Morgan fingerprint density at radius 2 is 1.44 bits per heavy atom. The summed E-state index contributed by atoms with van der Waals surface area (Å²) in [6, 6.07) is 0. The third-order valence-corrected chi connectivity index (χ3v) is 0.289. The fraction of sp³-hybridized carbons (Fsp3) is 1.00. The predicted octanol–water partition coefficient (Wildman–Crippen LogP) is 1.40. The highest BCUT2D eigenvalue weighted by atomic mass is 16.5. The van der Waals surface area contributed by atoms with Gasteiger partial charge in [0.25, 0.3) is 0 Å². The van der Waals surface area contributed by atoms with Gasteiger partial charge in [0.05, 0.1) is 0 Å². The molecule has 2 nitrogen and oxygen atoms in total. The molecule has 0 spiro atoms. The lowest BCUT2D eigenvalue weighted by Gasteiger charge is -2.06. The molecular weight excluding hydrogens is 114 g/mol. The molecule has 0 aliphatic carbocycles. The molecule has 0 saturated carbocycles. The van der Waals surface area contributed by atoms with Gasteiger partial charge in [-0.15, -0.1) is 0 Å². The molecule has 0 fully saturated rings. The van der Waals surface area contributed by atoms with Gasteiger partial charge in [0.2, 0.25) is 0 Å². The van der Waals surface area contributed by atoms with E-state index in [0.29, 0.717) is 0 Å². The Morgan fingerprint density at radius 1 is 1.33 bits per heavy atom. The van der Waals surface area contributed by atoms with Crippen LogP contribution in [-0.2, 0) is 4.74 Å². The van der Waals surface area contributed by atoms with E-state index >= 15 is 0 Å². The van der Waals surface area contributed by atoms with Gasteiger partial charge >= 0.3 is 0 Å². The van der Waals surface area contributed by atoms with Gasteiger partial charge in [0.1, 0.15) is 0 Å². The first-order chi connectivity index (χ1) is 3.91. The van der Waals surface area contributed by atoms with Crippen molar-refractivity contribution >= 4 is 0 Å².